The summed E-state index contributed by atoms with van der Waals surface area (Å²) in [5.74, 6) is -0.273. The van der Waals surface area contributed by atoms with Crippen LogP contribution in [0.4, 0.5) is 0 Å². The van der Waals surface area contributed by atoms with Gasteiger partial charge in [0, 0.05) is 5.56 Å². The third kappa shape index (κ3) is 2.35. The van der Waals surface area contributed by atoms with E-state index in [1.54, 1.807) is 46.8 Å². The van der Waals surface area contributed by atoms with Gasteiger partial charge in [0.05, 0.1) is 4.90 Å². The van der Waals surface area contributed by atoms with Crippen molar-refractivity contribution in [1.82, 2.24) is 0 Å². The SMILES string of the molecule is Cc1cc(C)c(O)c(S(=O)(=O)c2ccc(C)c(O)c2C)c1C. The van der Waals surface area contributed by atoms with Crippen LogP contribution in [0, 0.1) is 34.6 Å². The molecule has 0 amide bonds. The van der Waals surface area contributed by atoms with Crippen LogP contribution in [-0.4, -0.2) is 18.6 Å². The molecule has 2 aromatic carbocycles. The molecular weight excluding hydrogens is 300 g/mol. The molecule has 0 atom stereocenters. The minimum Gasteiger partial charge on any atom is -0.507 e. The largest absolute Gasteiger partial charge is 0.507 e. The fraction of sp³-hybridized carbons (Fsp3) is 0.294. The van der Waals surface area contributed by atoms with E-state index in [1.807, 2.05) is 0 Å². The van der Waals surface area contributed by atoms with Gasteiger partial charge in [-0.15, -0.1) is 0 Å². The Kier molecular flexibility index (Phi) is 3.96. The third-order valence-electron chi connectivity index (χ3n) is 4.09. The summed E-state index contributed by atoms with van der Waals surface area (Å²) >= 11 is 0. The molecule has 0 aliphatic heterocycles. The van der Waals surface area contributed by atoms with Crippen molar-refractivity contribution in [2.24, 2.45) is 0 Å². The molecule has 4 nitrogen and oxygen atoms in total. The molecule has 5 heteroatoms. The van der Waals surface area contributed by atoms with Gasteiger partial charge in [0.2, 0.25) is 9.84 Å². The number of hydrogen-bond acceptors (Lipinski definition) is 4. The van der Waals surface area contributed by atoms with Gasteiger partial charge in [-0.2, -0.15) is 0 Å². The topological polar surface area (TPSA) is 74.6 Å². The molecule has 0 spiro atoms. The van der Waals surface area contributed by atoms with E-state index >= 15 is 0 Å². The fourth-order valence-electron chi connectivity index (χ4n) is 2.58. The number of sulfone groups is 1. The second-order valence-electron chi connectivity index (χ2n) is 5.67. The summed E-state index contributed by atoms with van der Waals surface area (Å²) in [6.45, 7) is 8.41. The summed E-state index contributed by atoms with van der Waals surface area (Å²) in [6, 6.07) is 4.78. The lowest BCUT2D eigenvalue weighted by Crippen LogP contribution is -2.08. The first-order valence-electron chi connectivity index (χ1n) is 6.93. The summed E-state index contributed by atoms with van der Waals surface area (Å²) in [6.07, 6.45) is 0. The standard InChI is InChI=1S/C17H20O4S/c1-9-6-7-14(13(5)15(9)18)22(20,21)17-12(4)10(2)8-11(3)16(17)19/h6-8,18-19H,1-5H3. The molecule has 22 heavy (non-hydrogen) atoms. The van der Waals surface area contributed by atoms with Crippen molar-refractivity contribution >= 4 is 9.84 Å². The zero-order valence-electron chi connectivity index (χ0n) is 13.4. The monoisotopic (exact) mass is 320 g/mol. The zero-order chi connectivity index (χ0) is 16.8. The van der Waals surface area contributed by atoms with Crippen molar-refractivity contribution in [1.29, 1.82) is 0 Å². The van der Waals surface area contributed by atoms with Crippen molar-refractivity contribution in [2.75, 3.05) is 0 Å². The highest BCUT2D eigenvalue weighted by Gasteiger charge is 2.28. The maximum absolute atomic E-state index is 13.0. The summed E-state index contributed by atoms with van der Waals surface area (Å²) in [5, 5.41) is 20.3. The van der Waals surface area contributed by atoms with E-state index in [0.717, 1.165) is 5.56 Å². The Labute approximate surface area is 131 Å². The van der Waals surface area contributed by atoms with Gasteiger partial charge in [0.15, 0.2) is 0 Å². The molecule has 0 bridgehead atoms. The maximum atomic E-state index is 13.0. The van der Waals surface area contributed by atoms with Crippen LogP contribution in [-0.2, 0) is 9.84 Å². The van der Waals surface area contributed by atoms with Crippen LogP contribution >= 0.6 is 0 Å². The second-order valence-corrected chi connectivity index (χ2v) is 7.53. The van der Waals surface area contributed by atoms with Gasteiger partial charge < -0.3 is 10.2 Å². The van der Waals surface area contributed by atoms with E-state index in [9.17, 15) is 18.6 Å². The minimum atomic E-state index is -3.93. The molecule has 0 radical (unpaired) electrons. The molecule has 0 fully saturated rings. The van der Waals surface area contributed by atoms with Crippen LogP contribution in [0.15, 0.2) is 28.0 Å². The molecule has 2 rings (SSSR count). The van der Waals surface area contributed by atoms with Crippen LogP contribution in [0.2, 0.25) is 0 Å². The third-order valence-corrected chi connectivity index (χ3v) is 6.15. The Morgan fingerprint density at radius 1 is 0.773 bits per heavy atom. The molecule has 0 saturated heterocycles. The Balaban J connectivity index is 2.86. The van der Waals surface area contributed by atoms with Crippen molar-refractivity contribution in [2.45, 2.75) is 44.4 Å². The number of aryl methyl sites for hydroxylation is 3. The van der Waals surface area contributed by atoms with Crippen LogP contribution < -0.4 is 0 Å². The van der Waals surface area contributed by atoms with Gasteiger partial charge in [-0.25, -0.2) is 8.42 Å². The molecule has 2 N–H and O–H groups in total. The predicted molar refractivity (Wildman–Crippen MR) is 85.4 cm³/mol. The van der Waals surface area contributed by atoms with Gasteiger partial charge >= 0.3 is 0 Å². The quantitative estimate of drug-likeness (QED) is 0.888. The Morgan fingerprint density at radius 2 is 1.36 bits per heavy atom. The van der Waals surface area contributed by atoms with Crippen LogP contribution in [0.25, 0.3) is 0 Å². The van der Waals surface area contributed by atoms with E-state index in [1.165, 1.54) is 6.07 Å². The number of rotatable bonds is 2. The Morgan fingerprint density at radius 3 is 1.95 bits per heavy atom. The highest BCUT2D eigenvalue weighted by molar-refractivity contribution is 7.91. The summed E-state index contributed by atoms with van der Waals surface area (Å²) in [5.41, 5.74) is 2.72. The summed E-state index contributed by atoms with van der Waals surface area (Å²) in [4.78, 5) is -0.0737. The average molecular weight is 320 g/mol. The van der Waals surface area contributed by atoms with E-state index in [2.05, 4.69) is 0 Å². The van der Waals surface area contributed by atoms with Gasteiger partial charge in [0.1, 0.15) is 16.4 Å². The smallest absolute Gasteiger partial charge is 0.210 e. The number of benzene rings is 2. The second kappa shape index (κ2) is 5.32. The lowest BCUT2D eigenvalue weighted by Gasteiger charge is -2.16. The average Bonchev–Trinajstić information content (AvgIpc) is 2.42. The predicted octanol–water partition coefficient (Wildman–Crippen LogP) is 3.47. The van der Waals surface area contributed by atoms with Gasteiger partial charge in [0.25, 0.3) is 0 Å². The zero-order valence-corrected chi connectivity index (χ0v) is 14.2. The van der Waals surface area contributed by atoms with Crippen molar-refractivity contribution in [3.63, 3.8) is 0 Å². The summed E-state index contributed by atoms with van der Waals surface area (Å²) < 4.78 is 26.0. The fourth-order valence-corrected chi connectivity index (χ4v) is 4.53. The van der Waals surface area contributed by atoms with Crippen molar-refractivity contribution in [3.8, 4) is 11.5 Å². The van der Waals surface area contributed by atoms with Gasteiger partial charge in [-0.3, -0.25) is 0 Å². The van der Waals surface area contributed by atoms with Crippen LogP contribution in [0.5, 0.6) is 11.5 Å². The first kappa shape index (κ1) is 16.4. The maximum Gasteiger partial charge on any atom is 0.210 e. The Hall–Kier alpha value is -2.01. The lowest BCUT2D eigenvalue weighted by atomic mass is 10.1. The Bertz CT molecular complexity index is 839. The molecule has 0 aromatic heterocycles. The van der Waals surface area contributed by atoms with Crippen LogP contribution in [0.3, 0.4) is 0 Å². The molecule has 0 aliphatic carbocycles. The number of phenolic OH excluding ortho intramolecular Hbond substituents is 2. The molecule has 0 unspecified atom stereocenters. The molecular formula is C17H20O4S. The first-order chi connectivity index (χ1) is 10.1. The van der Waals surface area contributed by atoms with E-state index in [-0.39, 0.29) is 26.9 Å². The van der Waals surface area contributed by atoms with Crippen molar-refractivity contribution in [3.05, 3.63) is 46.0 Å². The number of phenols is 2. The normalized spacial score (nSPS) is 11.7. The summed E-state index contributed by atoms with van der Waals surface area (Å²) in [7, 11) is -3.93. The molecule has 0 aliphatic rings. The lowest BCUT2D eigenvalue weighted by molar-refractivity contribution is 0.452. The van der Waals surface area contributed by atoms with E-state index < -0.39 is 9.84 Å². The number of aromatic hydroxyl groups is 2. The number of hydrogen-bond donors (Lipinski definition) is 2. The minimum absolute atomic E-state index is 0.0130. The molecule has 0 saturated carbocycles. The van der Waals surface area contributed by atoms with Crippen molar-refractivity contribution < 1.29 is 18.6 Å². The highest BCUT2D eigenvalue weighted by atomic mass is 32.2. The molecule has 118 valence electrons. The van der Waals surface area contributed by atoms with E-state index in [0.29, 0.717) is 16.7 Å². The highest BCUT2D eigenvalue weighted by Crippen LogP contribution is 2.38. The van der Waals surface area contributed by atoms with E-state index in [4.69, 9.17) is 0 Å². The van der Waals surface area contributed by atoms with Gasteiger partial charge in [-0.1, -0.05) is 12.1 Å². The molecule has 2 aromatic rings. The first-order valence-corrected chi connectivity index (χ1v) is 8.41. The van der Waals surface area contributed by atoms with Gasteiger partial charge in [-0.05, 0) is 62.9 Å². The van der Waals surface area contributed by atoms with Crippen LogP contribution in [0.1, 0.15) is 27.8 Å². The molecule has 0 heterocycles.